The molecule has 3 aliphatic rings. The highest BCUT2D eigenvalue weighted by molar-refractivity contribution is 6.03. The molecule has 1 amide bonds. The number of fused-ring (bicyclic) bond motifs is 4. The molecule has 2 bridgehead atoms. The highest BCUT2D eigenvalue weighted by atomic mass is 16.3. The third kappa shape index (κ3) is 2.21. The van der Waals surface area contributed by atoms with Gasteiger partial charge in [0.05, 0.1) is 0 Å². The number of amides is 1. The fourth-order valence-electron chi connectivity index (χ4n) is 3.62. The first-order valence-corrected chi connectivity index (χ1v) is 7.59. The summed E-state index contributed by atoms with van der Waals surface area (Å²) in [5.41, 5.74) is 0.992. The molecule has 0 aliphatic carbocycles. The molecule has 21 heavy (non-hydrogen) atoms. The molecule has 1 N–H and O–H groups in total. The average Bonchev–Trinajstić information content (AvgIpc) is 2.88. The van der Waals surface area contributed by atoms with E-state index in [1.165, 1.54) is 25.9 Å². The fraction of sp³-hybridized carbons (Fsp3) is 0.500. The number of piperidine rings is 3. The lowest BCUT2D eigenvalue weighted by Crippen LogP contribution is -2.57. The van der Waals surface area contributed by atoms with Crippen molar-refractivity contribution in [2.24, 2.45) is 5.92 Å². The van der Waals surface area contributed by atoms with E-state index in [0.717, 1.165) is 17.7 Å². The summed E-state index contributed by atoms with van der Waals surface area (Å²) in [7, 11) is 0. The Balaban J connectivity index is 1.59. The Kier molecular flexibility index (Phi) is 2.96. The Hall–Kier alpha value is -1.88. The Bertz CT molecular complexity index is 686. The second-order valence-electron chi connectivity index (χ2n) is 6.15. The molecule has 0 spiro atoms. The number of nitrogens with zero attached hydrogens (tertiary/aromatic N) is 2. The van der Waals surface area contributed by atoms with Gasteiger partial charge in [0, 0.05) is 24.2 Å². The van der Waals surface area contributed by atoms with Crippen LogP contribution in [0.5, 0.6) is 0 Å². The van der Waals surface area contributed by atoms with E-state index in [2.05, 4.69) is 15.2 Å². The number of carbonyl (C=O) groups is 1. The van der Waals surface area contributed by atoms with Crippen molar-refractivity contribution in [3.8, 4) is 0 Å². The van der Waals surface area contributed by atoms with Crippen LogP contribution in [0.4, 0.5) is 0 Å². The Morgan fingerprint density at radius 2 is 2.24 bits per heavy atom. The lowest BCUT2D eigenvalue weighted by atomic mass is 9.84. The van der Waals surface area contributed by atoms with Crippen molar-refractivity contribution in [3.05, 3.63) is 29.8 Å². The van der Waals surface area contributed by atoms with Gasteiger partial charge >= 0.3 is 0 Å². The fourth-order valence-corrected chi connectivity index (χ4v) is 3.62. The van der Waals surface area contributed by atoms with E-state index < -0.39 is 0 Å². The summed E-state index contributed by atoms with van der Waals surface area (Å²) >= 11 is 0. The summed E-state index contributed by atoms with van der Waals surface area (Å²) < 4.78 is 5.64. The number of hydrogen-bond acceptors (Lipinski definition) is 4. The minimum Gasteiger partial charge on any atom is -0.459 e. The Labute approximate surface area is 123 Å². The van der Waals surface area contributed by atoms with Crippen LogP contribution in [-0.2, 0) is 0 Å². The van der Waals surface area contributed by atoms with E-state index in [1.807, 2.05) is 19.1 Å². The number of aryl methyl sites for hydroxylation is 1. The first-order valence-electron chi connectivity index (χ1n) is 7.59. The van der Waals surface area contributed by atoms with Gasteiger partial charge in [-0.3, -0.25) is 4.79 Å². The van der Waals surface area contributed by atoms with Gasteiger partial charge in [-0.15, -0.1) is 0 Å². The molecule has 5 nitrogen and oxygen atoms in total. The van der Waals surface area contributed by atoms with Gasteiger partial charge in [0.2, 0.25) is 0 Å². The summed E-state index contributed by atoms with van der Waals surface area (Å²) in [5, 5.41) is 4.10. The predicted octanol–water partition coefficient (Wildman–Crippen LogP) is 1.96. The van der Waals surface area contributed by atoms with Gasteiger partial charge in [-0.25, -0.2) is 4.98 Å². The highest BCUT2D eigenvalue weighted by Gasteiger charge is 2.35. The first kappa shape index (κ1) is 12.8. The average molecular weight is 285 g/mol. The van der Waals surface area contributed by atoms with Gasteiger partial charge in [-0.2, -0.15) is 0 Å². The molecule has 3 aliphatic heterocycles. The van der Waals surface area contributed by atoms with Gasteiger partial charge in [0.1, 0.15) is 5.76 Å². The number of hydrogen-bond donors (Lipinski definition) is 1. The van der Waals surface area contributed by atoms with Crippen molar-refractivity contribution < 1.29 is 9.21 Å². The lowest BCUT2D eigenvalue weighted by molar-refractivity contribution is 0.0618. The van der Waals surface area contributed by atoms with E-state index in [9.17, 15) is 4.79 Å². The third-order valence-corrected chi connectivity index (χ3v) is 4.74. The van der Waals surface area contributed by atoms with Gasteiger partial charge < -0.3 is 14.6 Å². The van der Waals surface area contributed by atoms with Crippen LogP contribution < -0.4 is 5.32 Å². The topological polar surface area (TPSA) is 58.4 Å². The van der Waals surface area contributed by atoms with Crippen LogP contribution in [0.1, 0.15) is 29.1 Å². The number of nitrogens with one attached hydrogen (secondary N) is 1. The zero-order chi connectivity index (χ0) is 14.4. The van der Waals surface area contributed by atoms with E-state index in [0.29, 0.717) is 17.2 Å². The summed E-state index contributed by atoms with van der Waals surface area (Å²) in [6.07, 6.45) is 4.04. The summed E-state index contributed by atoms with van der Waals surface area (Å²) in [6.45, 7) is 5.18. The smallest absolute Gasteiger partial charge is 0.274 e. The maximum atomic E-state index is 12.6. The van der Waals surface area contributed by atoms with Crippen LogP contribution in [0.15, 0.2) is 22.7 Å². The SMILES string of the molecule is Cc1cc2ccnc(C(=O)N[C@H]3CN4CCC3CC4)c2o1. The van der Waals surface area contributed by atoms with Crippen molar-refractivity contribution >= 4 is 16.9 Å². The van der Waals surface area contributed by atoms with Crippen LogP contribution in [0, 0.1) is 12.8 Å². The van der Waals surface area contributed by atoms with Gasteiger partial charge in [-0.1, -0.05) is 0 Å². The molecule has 0 saturated carbocycles. The number of aromatic nitrogens is 1. The number of pyridine rings is 1. The van der Waals surface area contributed by atoms with E-state index in [4.69, 9.17) is 4.42 Å². The van der Waals surface area contributed by atoms with E-state index >= 15 is 0 Å². The maximum Gasteiger partial charge on any atom is 0.274 e. The Morgan fingerprint density at radius 3 is 2.95 bits per heavy atom. The van der Waals surface area contributed by atoms with Crippen molar-refractivity contribution in [2.45, 2.75) is 25.8 Å². The normalized spacial score (nSPS) is 28.0. The minimum atomic E-state index is -0.117. The molecule has 110 valence electrons. The first-order chi connectivity index (χ1) is 10.2. The molecule has 5 heteroatoms. The van der Waals surface area contributed by atoms with Crippen molar-refractivity contribution in [2.75, 3.05) is 19.6 Å². The van der Waals surface area contributed by atoms with Crippen LogP contribution in [0.25, 0.3) is 11.0 Å². The molecule has 0 radical (unpaired) electrons. The molecule has 1 atom stereocenters. The number of rotatable bonds is 2. The summed E-state index contributed by atoms with van der Waals surface area (Å²) in [4.78, 5) is 19.2. The Morgan fingerprint density at radius 1 is 1.43 bits per heavy atom. The molecule has 5 heterocycles. The van der Waals surface area contributed by atoms with E-state index in [-0.39, 0.29) is 11.9 Å². The van der Waals surface area contributed by atoms with E-state index in [1.54, 1.807) is 6.20 Å². The molecule has 0 unspecified atom stereocenters. The second kappa shape index (κ2) is 4.84. The van der Waals surface area contributed by atoms with Crippen LogP contribution in [0.3, 0.4) is 0 Å². The van der Waals surface area contributed by atoms with Gasteiger partial charge in [-0.05, 0) is 50.9 Å². The molecule has 0 aromatic carbocycles. The highest BCUT2D eigenvalue weighted by Crippen LogP contribution is 2.28. The second-order valence-corrected chi connectivity index (χ2v) is 6.15. The standard InChI is InChI=1S/C16H19N3O2/c1-10-8-12-2-5-17-14(15(12)21-10)16(20)18-13-9-19-6-3-11(13)4-7-19/h2,5,8,11,13H,3-4,6-7,9H2,1H3,(H,18,20)/t13-/m0/s1. The molecule has 5 rings (SSSR count). The predicted molar refractivity (Wildman–Crippen MR) is 79.2 cm³/mol. The monoisotopic (exact) mass is 285 g/mol. The quantitative estimate of drug-likeness (QED) is 0.916. The molecular weight excluding hydrogens is 266 g/mol. The minimum absolute atomic E-state index is 0.117. The van der Waals surface area contributed by atoms with Crippen molar-refractivity contribution in [1.29, 1.82) is 0 Å². The zero-order valence-corrected chi connectivity index (χ0v) is 12.1. The lowest BCUT2D eigenvalue weighted by Gasteiger charge is -2.44. The maximum absolute atomic E-state index is 12.6. The van der Waals surface area contributed by atoms with Crippen LogP contribution >= 0.6 is 0 Å². The third-order valence-electron chi connectivity index (χ3n) is 4.74. The number of furan rings is 1. The summed E-state index contributed by atoms with van der Waals surface area (Å²) in [5.74, 6) is 1.29. The summed E-state index contributed by atoms with van der Waals surface area (Å²) in [6, 6.07) is 4.05. The van der Waals surface area contributed by atoms with Crippen molar-refractivity contribution in [3.63, 3.8) is 0 Å². The van der Waals surface area contributed by atoms with Gasteiger partial charge in [0.25, 0.3) is 5.91 Å². The number of carbonyl (C=O) groups excluding carboxylic acids is 1. The van der Waals surface area contributed by atoms with Crippen molar-refractivity contribution in [1.82, 2.24) is 15.2 Å². The molecular formula is C16H19N3O2. The van der Waals surface area contributed by atoms with Crippen LogP contribution in [0.2, 0.25) is 0 Å². The molecule has 3 fully saturated rings. The molecule has 3 saturated heterocycles. The molecule has 2 aromatic rings. The largest absolute Gasteiger partial charge is 0.459 e. The van der Waals surface area contributed by atoms with Gasteiger partial charge in [0.15, 0.2) is 11.3 Å². The zero-order valence-electron chi connectivity index (χ0n) is 12.1. The molecule has 2 aromatic heterocycles. The van der Waals surface area contributed by atoms with Crippen LogP contribution in [-0.4, -0.2) is 41.5 Å².